The Morgan fingerprint density at radius 3 is 2.76 bits per heavy atom. The molecule has 0 aromatic rings. The number of nitrogens with one attached hydrogen (secondary N) is 2. The minimum atomic E-state index is 0.740. The van der Waals surface area contributed by atoms with Gasteiger partial charge in [0.25, 0.3) is 0 Å². The van der Waals surface area contributed by atoms with Gasteiger partial charge in [-0.3, -0.25) is 0 Å². The van der Waals surface area contributed by atoms with Gasteiger partial charge in [-0.2, -0.15) is 0 Å². The van der Waals surface area contributed by atoms with Crippen molar-refractivity contribution in [1.82, 2.24) is 15.5 Å². The highest BCUT2D eigenvalue weighted by atomic mass is 15.2. The van der Waals surface area contributed by atoms with Gasteiger partial charge < -0.3 is 15.5 Å². The van der Waals surface area contributed by atoms with Crippen LogP contribution in [0.5, 0.6) is 0 Å². The number of likely N-dealkylation sites (tertiary alicyclic amines) is 1. The molecular weight excluding hydrogens is 210 g/mol. The molecule has 0 amide bonds. The molecule has 0 aromatic heterocycles. The Labute approximate surface area is 105 Å². The molecule has 2 saturated heterocycles. The molecule has 2 N–H and O–H groups in total. The summed E-state index contributed by atoms with van der Waals surface area (Å²) in [5.41, 5.74) is 0. The van der Waals surface area contributed by atoms with Crippen molar-refractivity contribution in [2.75, 3.05) is 32.7 Å². The molecule has 1 aliphatic carbocycles. The third kappa shape index (κ3) is 3.43. The van der Waals surface area contributed by atoms with Crippen molar-refractivity contribution in [2.45, 2.75) is 50.6 Å². The van der Waals surface area contributed by atoms with Crippen molar-refractivity contribution in [2.24, 2.45) is 5.92 Å². The van der Waals surface area contributed by atoms with Crippen molar-refractivity contribution in [3.8, 4) is 0 Å². The third-order valence-electron chi connectivity index (χ3n) is 4.62. The summed E-state index contributed by atoms with van der Waals surface area (Å²) in [5.74, 6) is 0.916. The maximum absolute atomic E-state index is 3.69. The second-order valence-electron chi connectivity index (χ2n) is 6.19. The first-order valence-electron chi connectivity index (χ1n) is 7.60. The van der Waals surface area contributed by atoms with Crippen molar-refractivity contribution >= 4 is 0 Å². The lowest BCUT2D eigenvalue weighted by Crippen LogP contribution is -2.43. The van der Waals surface area contributed by atoms with Gasteiger partial charge in [0, 0.05) is 25.2 Å². The zero-order valence-corrected chi connectivity index (χ0v) is 11.0. The smallest absolute Gasteiger partial charge is 0.0192 e. The van der Waals surface area contributed by atoms with E-state index in [1.54, 1.807) is 0 Å². The van der Waals surface area contributed by atoms with E-state index in [4.69, 9.17) is 0 Å². The van der Waals surface area contributed by atoms with Crippen LogP contribution in [0.3, 0.4) is 0 Å². The van der Waals surface area contributed by atoms with E-state index < -0.39 is 0 Å². The lowest BCUT2D eigenvalue weighted by molar-refractivity contribution is 0.309. The van der Waals surface area contributed by atoms with Crippen molar-refractivity contribution in [3.63, 3.8) is 0 Å². The summed E-state index contributed by atoms with van der Waals surface area (Å²) in [4.78, 5) is 2.71. The minimum Gasteiger partial charge on any atom is -0.315 e. The van der Waals surface area contributed by atoms with E-state index in [2.05, 4.69) is 15.5 Å². The van der Waals surface area contributed by atoms with Crippen LogP contribution in [0.15, 0.2) is 0 Å². The molecule has 98 valence electrons. The minimum absolute atomic E-state index is 0.740. The van der Waals surface area contributed by atoms with Crippen LogP contribution in [0.1, 0.15) is 38.5 Å². The van der Waals surface area contributed by atoms with Crippen LogP contribution in [0, 0.1) is 5.92 Å². The van der Waals surface area contributed by atoms with Gasteiger partial charge in [-0.15, -0.1) is 0 Å². The van der Waals surface area contributed by atoms with Gasteiger partial charge >= 0.3 is 0 Å². The predicted molar refractivity (Wildman–Crippen MR) is 71.2 cm³/mol. The van der Waals surface area contributed by atoms with Crippen LogP contribution >= 0.6 is 0 Å². The first-order valence-corrected chi connectivity index (χ1v) is 7.60. The molecule has 2 atom stereocenters. The average Bonchev–Trinajstić information content (AvgIpc) is 3.11. The van der Waals surface area contributed by atoms with Crippen molar-refractivity contribution in [3.05, 3.63) is 0 Å². The van der Waals surface area contributed by atoms with E-state index in [1.807, 2.05) is 0 Å². The lowest BCUT2D eigenvalue weighted by Gasteiger charge is -2.24. The van der Waals surface area contributed by atoms with E-state index in [0.717, 1.165) is 18.0 Å². The Morgan fingerprint density at radius 1 is 1.06 bits per heavy atom. The molecule has 2 heterocycles. The van der Waals surface area contributed by atoms with Crippen LogP contribution < -0.4 is 10.6 Å². The molecule has 3 nitrogen and oxygen atoms in total. The van der Waals surface area contributed by atoms with Crippen molar-refractivity contribution in [1.29, 1.82) is 0 Å². The predicted octanol–water partition coefficient (Wildman–Crippen LogP) is 1.20. The standard InChI is InChI=1S/C14H27N3/c1-2-7-16-13(3-1)10-15-9-12-6-8-17(11-12)14-4-5-14/h12-16H,1-11H2. The molecule has 0 spiro atoms. The zero-order chi connectivity index (χ0) is 11.5. The average molecular weight is 237 g/mol. The SMILES string of the molecule is C1CCC(CNCC2CCN(C3CC3)C2)NC1. The number of piperidine rings is 1. The fourth-order valence-corrected chi connectivity index (χ4v) is 3.36. The van der Waals surface area contributed by atoms with E-state index in [1.165, 1.54) is 71.2 Å². The van der Waals surface area contributed by atoms with Crippen LogP contribution in [0.4, 0.5) is 0 Å². The number of hydrogen-bond acceptors (Lipinski definition) is 3. The van der Waals surface area contributed by atoms with Crippen LogP contribution in [-0.2, 0) is 0 Å². The van der Waals surface area contributed by atoms with Crippen LogP contribution in [-0.4, -0.2) is 49.7 Å². The first kappa shape index (κ1) is 11.9. The van der Waals surface area contributed by atoms with Gasteiger partial charge in [-0.25, -0.2) is 0 Å². The molecule has 3 rings (SSSR count). The fraction of sp³-hybridized carbons (Fsp3) is 1.00. The van der Waals surface area contributed by atoms with Gasteiger partial charge in [0.15, 0.2) is 0 Å². The monoisotopic (exact) mass is 237 g/mol. The third-order valence-corrected chi connectivity index (χ3v) is 4.62. The van der Waals surface area contributed by atoms with Crippen molar-refractivity contribution < 1.29 is 0 Å². The van der Waals surface area contributed by atoms with Crippen LogP contribution in [0.2, 0.25) is 0 Å². The van der Waals surface area contributed by atoms with Gasteiger partial charge in [-0.05, 0) is 57.7 Å². The quantitative estimate of drug-likeness (QED) is 0.752. The molecular formula is C14H27N3. The maximum atomic E-state index is 3.69. The highest BCUT2D eigenvalue weighted by molar-refractivity contribution is 4.90. The molecule has 1 saturated carbocycles. The summed E-state index contributed by atoms with van der Waals surface area (Å²) in [6, 6.07) is 1.71. The largest absolute Gasteiger partial charge is 0.315 e. The molecule has 3 aliphatic rings. The molecule has 0 aromatic carbocycles. The second kappa shape index (κ2) is 5.68. The Kier molecular flexibility index (Phi) is 3.99. The Hall–Kier alpha value is -0.120. The first-order chi connectivity index (χ1) is 8.42. The van der Waals surface area contributed by atoms with Gasteiger partial charge in [0.2, 0.25) is 0 Å². The molecule has 3 fully saturated rings. The van der Waals surface area contributed by atoms with E-state index >= 15 is 0 Å². The summed E-state index contributed by atoms with van der Waals surface area (Å²) in [5, 5.41) is 7.30. The van der Waals surface area contributed by atoms with E-state index in [9.17, 15) is 0 Å². The number of rotatable bonds is 5. The molecule has 0 bridgehead atoms. The fourth-order valence-electron chi connectivity index (χ4n) is 3.36. The topological polar surface area (TPSA) is 27.3 Å². The zero-order valence-electron chi connectivity index (χ0n) is 11.0. The normalized spacial score (nSPS) is 35.3. The maximum Gasteiger partial charge on any atom is 0.0192 e. The second-order valence-corrected chi connectivity index (χ2v) is 6.19. The highest BCUT2D eigenvalue weighted by Gasteiger charge is 2.34. The molecule has 3 heteroatoms. The summed E-state index contributed by atoms with van der Waals surface area (Å²) in [6.45, 7) is 6.36. The summed E-state index contributed by atoms with van der Waals surface area (Å²) >= 11 is 0. The summed E-state index contributed by atoms with van der Waals surface area (Å²) in [7, 11) is 0. The molecule has 17 heavy (non-hydrogen) atoms. The lowest BCUT2D eigenvalue weighted by atomic mass is 10.0. The molecule has 2 unspecified atom stereocenters. The number of nitrogens with zero attached hydrogens (tertiary/aromatic N) is 1. The van der Waals surface area contributed by atoms with Gasteiger partial charge in [-0.1, -0.05) is 6.42 Å². The van der Waals surface area contributed by atoms with Gasteiger partial charge in [0.05, 0.1) is 0 Å². The van der Waals surface area contributed by atoms with E-state index in [0.29, 0.717) is 0 Å². The Bertz CT molecular complexity index is 234. The van der Waals surface area contributed by atoms with E-state index in [-0.39, 0.29) is 0 Å². The number of hydrogen-bond donors (Lipinski definition) is 2. The molecule has 0 radical (unpaired) electrons. The summed E-state index contributed by atoms with van der Waals surface area (Å²) in [6.07, 6.45) is 8.50. The highest BCUT2D eigenvalue weighted by Crippen LogP contribution is 2.31. The summed E-state index contributed by atoms with van der Waals surface area (Å²) < 4.78 is 0. The molecule has 2 aliphatic heterocycles. The van der Waals surface area contributed by atoms with Crippen LogP contribution in [0.25, 0.3) is 0 Å². The Morgan fingerprint density at radius 2 is 2.00 bits per heavy atom. The Balaban J connectivity index is 1.29. The van der Waals surface area contributed by atoms with Gasteiger partial charge in [0.1, 0.15) is 0 Å².